The highest BCUT2D eigenvalue weighted by molar-refractivity contribution is 7.88. The van der Waals surface area contributed by atoms with Crippen LogP contribution in [0.25, 0.3) is 0 Å². The summed E-state index contributed by atoms with van der Waals surface area (Å²) in [4.78, 5) is 18.7. The number of alkyl halides is 3. The summed E-state index contributed by atoms with van der Waals surface area (Å²) in [5, 5.41) is 0. The number of aromatic nitrogens is 1. The number of amides is 1. The zero-order chi connectivity index (χ0) is 26.8. The highest BCUT2D eigenvalue weighted by Crippen LogP contribution is 2.38. The fourth-order valence-corrected chi connectivity index (χ4v) is 5.96. The lowest BCUT2D eigenvalue weighted by Crippen LogP contribution is -2.51. The number of sulfonamides is 1. The molecule has 37 heavy (non-hydrogen) atoms. The van der Waals surface area contributed by atoms with Crippen LogP contribution in [0.3, 0.4) is 0 Å². The third kappa shape index (κ3) is 7.03. The molecule has 2 fully saturated rings. The van der Waals surface area contributed by atoms with Gasteiger partial charge >= 0.3 is 12.3 Å². The summed E-state index contributed by atoms with van der Waals surface area (Å²) < 4.78 is 89.5. The fourth-order valence-electron chi connectivity index (χ4n) is 5.16. The topological polar surface area (TPSA) is 116 Å². The molecule has 1 saturated carbocycles. The molecule has 0 spiro atoms. The van der Waals surface area contributed by atoms with Crippen LogP contribution in [0.2, 0.25) is 0 Å². The predicted molar refractivity (Wildman–Crippen MR) is 124 cm³/mol. The molecule has 0 radical (unpaired) electrons. The normalized spacial score (nSPS) is 29.8. The minimum atomic E-state index is -4.54. The van der Waals surface area contributed by atoms with Crippen LogP contribution < -0.4 is 9.46 Å². The van der Waals surface area contributed by atoms with Crippen LogP contribution >= 0.6 is 0 Å². The minimum absolute atomic E-state index is 0.00766. The predicted octanol–water partition coefficient (Wildman–Crippen LogP) is 3.03. The summed E-state index contributed by atoms with van der Waals surface area (Å²) in [5.74, 6) is -0.293. The van der Waals surface area contributed by atoms with Crippen molar-refractivity contribution in [1.82, 2.24) is 14.6 Å². The average molecular weight is 552 g/mol. The molecule has 3 atom stereocenters. The quantitative estimate of drug-likeness (QED) is 0.610. The van der Waals surface area contributed by atoms with Crippen molar-refractivity contribution in [3.05, 3.63) is 23.4 Å². The second-order valence-electron chi connectivity index (χ2n) is 9.64. The Balaban J connectivity index is 1.57. The number of halogens is 3. The number of carbonyl (C=O) groups is 1. The van der Waals surface area contributed by atoms with Gasteiger partial charge in [-0.25, -0.2) is 22.9 Å². The molecule has 0 unspecified atom stereocenters. The Morgan fingerprint density at radius 2 is 1.84 bits per heavy atom. The number of nitrogens with zero attached hydrogens (tertiary/aromatic N) is 2. The van der Waals surface area contributed by atoms with E-state index in [9.17, 15) is 26.4 Å². The van der Waals surface area contributed by atoms with Gasteiger partial charge in [-0.05, 0) is 31.7 Å². The number of methoxy groups -OCH3 is 1. The third-order valence-electron chi connectivity index (χ3n) is 6.94. The Kier molecular flexibility index (Phi) is 8.51. The standard InChI is InChI=1S/C23H32F3N3O7S/c1-33-21-12-18(28-37(2,31)32)19-13-36-16-6-4-14(5-7-16)17-10-15(23(24,25)26)11-20(27-17)34-8-3-9-35-22(30)29(19)21/h10-11,14,16,18-19,21,28H,3-9,12-13H2,1-2H3/t14?,16?,18-,19-,21+/m0/s1. The molecular weight excluding hydrogens is 519 g/mol. The lowest BCUT2D eigenvalue weighted by Gasteiger charge is -2.33. The number of rotatable bonds is 3. The molecule has 10 nitrogen and oxygen atoms in total. The SMILES string of the molecule is CO[C@@H]1C[C@H](NS(C)(=O)=O)[C@@H]2COC3CCC(CC3)c3cc(C(F)(F)F)cc(n3)OCCCOC(=O)N12. The van der Waals surface area contributed by atoms with Crippen molar-refractivity contribution in [2.24, 2.45) is 0 Å². The van der Waals surface area contributed by atoms with Crippen molar-refractivity contribution < 1.29 is 45.3 Å². The van der Waals surface area contributed by atoms with Gasteiger partial charge < -0.3 is 18.9 Å². The smallest absolute Gasteiger partial charge is 0.416 e. The van der Waals surface area contributed by atoms with Gasteiger partial charge in [-0.2, -0.15) is 13.2 Å². The van der Waals surface area contributed by atoms with Crippen LogP contribution in [0.15, 0.2) is 12.1 Å². The van der Waals surface area contributed by atoms with E-state index in [1.54, 1.807) is 0 Å². The van der Waals surface area contributed by atoms with Crippen molar-refractivity contribution in [3.63, 3.8) is 0 Å². The Morgan fingerprint density at radius 1 is 1.14 bits per heavy atom. The maximum Gasteiger partial charge on any atom is 0.416 e. The molecule has 4 heterocycles. The number of pyridine rings is 1. The zero-order valence-corrected chi connectivity index (χ0v) is 21.5. The molecule has 3 aliphatic heterocycles. The molecule has 208 valence electrons. The summed E-state index contributed by atoms with van der Waals surface area (Å²) in [7, 11) is -2.15. The van der Waals surface area contributed by atoms with Crippen LogP contribution in [-0.4, -0.2) is 82.0 Å². The molecule has 1 saturated heterocycles. The minimum Gasteiger partial charge on any atom is -0.478 e. The molecule has 1 aliphatic carbocycles. The molecule has 1 N–H and O–H groups in total. The van der Waals surface area contributed by atoms with E-state index in [1.165, 1.54) is 12.0 Å². The van der Waals surface area contributed by atoms with Gasteiger partial charge in [0.2, 0.25) is 15.9 Å². The summed E-state index contributed by atoms with van der Waals surface area (Å²) in [6.07, 6.45) is -2.39. The second-order valence-corrected chi connectivity index (χ2v) is 11.4. The van der Waals surface area contributed by atoms with E-state index in [4.69, 9.17) is 18.9 Å². The third-order valence-corrected chi connectivity index (χ3v) is 7.68. The van der Waals surface area contributed by atoms with Crippen LogP contribution in [0.1, 0.15) is 55.7 Å². The van der Waals surface area contributed by atoms with Gasteiger partial charge in [0.15, 0.2) is 0 Å². The van der Waals surface area contributed by atoms with Gasteiger partial charge in [-0.3, -0.25) is 4.90 Å². The Hall–Kier alpha value is -2.16. The van der Waals surface area contributed by atoms with E-state index in [1.807, 2.05) is 0 Å². The first kappa shape index (κ1) is 27.9. The van der Waals surface area contributed by atoms with E-state index < -0.39 is 46.2 Å². The van der Waals surface area contributed by atoms with Gasteiger partial charge in [0.25, 0.3) is 0 Å². The highest BCUT2D eigenvalue weighted by Gasteiger charge is 2.46. The molecular formula is C23H32F3N3O7S. The van der Waals surface area contributed by atoms with Gasteiger partial charge in [0, 0.05) is 43.7 Å². The first-order valence-corrected chi connectivity index (χ1v) is 14.1. The van der Waals surface area contributed by atoms with Crippen molar-refractivity contribution in [2.75, 3.05) is 33.2 Å². The van der Waals surface area contributed by atoms with E-state index in [0.29, 0.717) is 31.4 Å². The largest absolute Gasteiger partial charge is 0.478 e. The van der Waals surface area contributed by atoms with Crippen LogP contribution in [0.4, 0.5) is 18.0 Å². The lowest BCUT2D eigenvalue weighted by molar-refractivity contribution is -0.137. The molecule has 1 aromatic rings. The van der Waals surface area contributed by atoms with Gasteiger partial charge in [-0.15, -0.1) is 0 Å². The zero-order valence-electron chi connectivity index (χ0n) is 20.7. The maximum atomic E-state index is 13.5. The van der Waals surface area contributed by atoms with Crippen molar-refractivity contribution in [2.45, 2.75) is 75.0 Å². The second kappa shape index (κ2) is 11.3. The number of fused-ring (bicyclic) bond motifs is 8. The molecule has 4 aliphatic rings. The number of ether oxygens (including phenoxy) is 4. The van der Waals surface area contributed by atoms with E-state index in [-0.39, 0.29) is 50.6 Å². The maximum absolute atomic E-state index is 13.5. The summed E-state index contributed by atoms with van der Waals surface area (Å²) in [6.45, 7) is -0.0284. The fraction of sp³-hybridized carbons (Fsp3) is 0.739. The van der Waals surface area contributed by atoms with Gasteiger partial charge in [0.05, 0.1) is 43.8 Å². The molecule has 4 bridgehead atoms. The summed E-state index contributed by atoms with van der Waals surface area (Å²) in [6, 6.07) is 0.659. The number of nitrogens with one attached hydrogen (secondary N) is 1. The van der Waals surface area contributed by atoms with E-state index in [0.717, 1.165) is 18.4 Å². The first-order chi connectivity index (χ1) is 17.4. The van der Waals surface area contributed by atoms with Crippen LogP contribution in [0, 0.1) is 0 Å². The Bertz CT molecular complexity index is 1060. The number of hydrogen-bond acceptors (Lipinski definition) is 8. The van der Waals surface area contributed by atoms with Crippen molar-refractivity contribution >= 4 is 16.1 Å². The molecule has 14 heteroatoms. The molecule has 5 rings (SSSR count). The molecule has 1 aromatic heterocycles. The summed E-state index contributed by atoms with van der Waals surface area (Å²) >= 11 is 0. The van der Waals surface area contributed by atoms with Crippen molar-refractivity contribution in [1.29, 1.82) is 0 Å². The monoisotopic (exact) mass is 551 g/mol. The van der Waals surface area contributed by atoms with Crippen LogP contribution in [-0.2, 0) is 30.4 Å². The average Bonchev–Trinajstić information content (AvgIpc) is 3.17. The first-order valence-electron chi connectivity index (χ1n) is 12.2. The van der Waals surface area contributed by atoms with Gasteiger partial charge in [0.1, 0.15) is 6.23 Å². The number of hydrogen-bond donors (Lipinski definition) is 1. The highest BCUT2D eigenvalue weighted by atomic mass is 32.2. The summed E-state index contributed by atoms with van der Waals surface area (Å²) in [5.41, 5.74) is -0.479. The number of carbonyl (C=O) groups excluding carboxylic acids is 1. The van der Waals surface area contributed by atoms with E-state index in [2.05, 4.69) is 9.71 Å². The van der Waals surface area contributed by atoms with Crippen molar-refractivity contribution in [3.8, 4) is 5.88 Å². The molecule has 0 aromatic carbocycles. The Morgan fingerprint density at radius 3 is 2.49 bits per heavy atom. The van der Waals surface area contributed by atoms with E-state index >= 15 is 0 Å². The Labute approximate surface area is 213 Å². The molecule has 1 amide bonds. The van der Waals surface area contributed by atoms with Gasteiger partial charge in [-0.1, -0.05) is 0 Å². The van der Waals surface area contributed by atoms with Crippen LogP contribution in [0.5, 0.6) is 5.88 Å². The lowest BCUT2D eigenvalue weighted by atomic mass is 9.84.